The van der Waals surface area contributed by atoms with Crippen molar-refractivity contribution in [2.45, 2.75) is 39.7 Å². The predicted octanol–water partition coefficient (Wildman–Crippen LogP) is 4.12. The fraction of sp³-hybridized carbons (Fsp3) is 0.389. The van der Waals surface area contributed by atoms with Crippen molar-refractivity contribution in [1.29, 1.82) is 0 Å². The van der Waals surface area contributed by atoms with Gasteiger partial charge in [0.25, 0.3) is 0 Å². The average Bonchev–Trinajstić information content (AvgIpc) is 2.47. The maximum atomic E-state index is 13.4. The van der Waals surface area contributed by atoms with E-state index < -0.39 is 0 Å². The number of halogens is 1. The summed E-state index contributed by atoms with van der Waals surface area (Å²) in [4.78, 5) is 3.97. The molecule has 0 saturated heterocycles. The standard InChI is InChI=1S/C18H23FN2/c1-4-7-21-18(16-10-17(19)12-20-11-16)9-15-6-5-13(2)14(3)8-15/h5-6,8,10-12,18,21H,4,7,9H2,1-3H3. The molecule has 1 unspecified atom stereocenters. The van der Waals surface area contributed by atoms with E-state index in [4.69, 9.17) is 0 Å². The van der Waals surface area contributed by atoms with Crippen LogP contribution >= 0.6 is 0 Å². The fourth-order valence-electron chi connectivity index (χ4n) is 2.41. The molecule has 0 saturated carbocycles. The van der Waals surface area contributed by atoms with Crippen molar-refractivity contribution in [3.8, 4) is 0 Å². The minimum atomic E-state index is -0.282. The van der Waals surface area contributed by atoms with E-state index in [2.05, 4.69) is 49.3 Å². The van der Waals surface area contributed by atoms with E-state index in [9.17, 15) is 4.39 Å². The lowest BCUT2D eigenvalue weighted by Crippen LogP contribution is -2.24. The lowest BCUT2D eigenvalue weighted by molar-refractivity contribution is 0.521. The quantitative estimate of drug-likeness (QED) is 0.864. The Hall–Kier alpha value is -1.74. The topological polar surface area (TPSA) is 24.9 Å². The molecule has 2 aromatic rings. The summed E-state index contributed by atoms with van der Waals surface area (Å²) in [5.41, 5.74) is 4.75. The number of aromatic nitrogens is 1. The summed E-state index contributed by atoms with van der Waals surface area (Å²) in [5, 5.41) is 3.49. The summed E-state index contributed by atoms with van der Waals surface area (Å²) in [6.45, 7) is 7.27. The second-order valence-corrected chi connectivity index (χ2v) is 5.57. The van der Waals surface area contributed by atoms with Crippen molar-refractivity contribution in [2.75, 3.05) is 6.54 Å². The van der Waals surface area contributed by atoms with E-state index in [1.807, 2.05) is 0 Å². The van der Waals surface area contributed by atoms with Crippen molar-refractivity contribution in [3.63, 3.8) is 0 Å². The van der Waals surface area contributed by atoms with Gasteiger partial charge in [0.15, 0.2) is 0 Å². The van der Waals surface area contributed by atoms with Crippen LogP contribution in [0.3, 0.4) is 0 Å². The lowest BCUT2D eigenvalue weighted by atomic mass is 9.97. The Kier molecular flexibility index (Phi) is 5.45. The highest BCUT2D eigenvalue weighted by atomic mass is 19.1. The molecule has 0 amide bonds. The van der Waals surface area contributed by atoms with Gasteiger partial charge in [-0.2, -0.15) is 0 Å². The number of hydrogen-bond acceptors (Lipinski definition) is 2. The van der Waals surface area contributed by atoms with Crippen LogP contribution in [0.15, 0.2) is 36.7 Å². The number of benzene rings is 1. The zero-order chi connectivity index (χ0) is 15.2. The minimum absolute atomic E-state index is 0.0928. The highest BCUT2D eigenvalue weighted by Crippen LogP contribution is 2.20. The van der Waals surface area contributed by atoms with Crippen LogP contribution in [-0.2, 0) is 6.42 Å². The molecule has 112 valence electrons. The third-order valence-corrected chi connectivity index (χ3v) is 3.78. The molecule has 1 atom stereocenters. The van der Waals surface area contributed by atoms with Gasteiger partial charge in [0.1, 0.15) is 5.82 Å². The van der Waals surface area contributed by atoms with E-state index in [0.717, 1.165) is 24.9 Å². The van der Waals surface area contributed by atoms with Crippen molar-refractivity contribution in [2.24, 2.45) is 0 Å². The molecule has 21 heavy (non-hydrogen) atoms. The van der Waals surface area contributed by atoms with Gasteiger partial charge < -0.3 is 5.32 Å². The minimum Gasteiger partial charge on any atom is -0.310 e. The predicted molar refractivity (Wildman–Crippen MR) is 84.8 cm³/mol. The molecule has 1 aromatic heterocycles. The highest BCUT2D eigenvalue weighted by molar-refractivity contribution is 5.31. The first-order valence-corrected chi connectivity index (χ1v) is 7.50. The molecule has 3 heteroatoms. The number of rotatable bonds is 6. The Labute approximate surface area is 126 Å². The highest BCUT2D eigenvalue weighted by Gasteiger charge is 2.13. The molecule has 0 radical (unpaired) electrons. The molecule has 0 aliphatic heterocycles. The summed E-state index contributed by atoms with van der Waals surface area (Å²) in [6, 6.07) is 8.17. The first kappa shape index (κ1) is 15.6. The number of pyridine rings is 1. The van der Waals surface area contributed by atoms with E-state index in [-0.39, 0.29) is 11.9 Å². The molecule has 1 aromatic carbocycles. The van der Waals surface area contributed by atoms with E-state index >= 15 is 0 Å². The van der Waals surface area contributed by atoms with Gasteiger partial charge in [0.05, 0.1) is 6.20 Å². The summed E-state index contributed by atoms with van der Waals surface area (Å²) >= 11 is 0. The van der Waals surface area contributed by atoms with Gasteiger partial charge in [-0.05, 0) is 61.6 Å². The van der Waals surface area contributed by atoms with Gasteiger partial charge in [-0.1, -0.05) is 25.1 Å². The Bertz CT molecular complexity index is 596. The fourth-order valence-corrected chi connectivity index (χ4v) is 2.41. The number of nitrogens with one attached hydrogen (secondary N) is 1. The van der Waals surface area contributed by atoms with E-state index in [1.165, 1.54) is 22.9 Å². The van der Waals surface area contributed by atoms with Crippen LogP contribution in [0, 0.1) is 19.7 Å². The Morgan fingerprint density at radius 1 is 1.14 bits per heavy atom. The van der Waals surface area contributed by atoms with Crippen molar-refractivity contribution < 1.29 is 4.39 Å². The van der Waals surface area contributed by atoms with Gasteiger partial charge in [-0.25, -0.2) is 4.39 Å². The maximum absolute atomic E-state index is 13.4. The third kappa shape index (κ3) is 4.36. The molecular weight excluding hydrogens is 263 g/mol. The normalized spacial score (nSPS) is 12.4. The van der Waals surface area contributed by atoms with Gasteiger partial charge in [0.2, 0.25) is 0 Å². The average molecular weight is 286 g/mol. The van der Waals surface area contributed by atoms with Gasteiger partial charge in [0, 0.05) is 12.2 Å². The molecule has 2 nitrogen and oxygen atoms in total. The maximum Gasteiger partial charge on any atom is 0.141 e. The summed E-state index contributed by atoms with van der Waals surface area (Å²) in [5.74, 6) is -0.282. The molecule has 1 heterocycles. The Balaban J connectivity index is 2.21. The van der Waals surface area contributed by atoms with Crippen LogP contribution in [0.25, 0.3) is 0 Å². The molecule has 0 bridgehead atoms. The first-order valence-electron chi connectivity index (χ1n) is 7.50. The van der Waals surface area contributed by atoms with Crippen molar-refractivity contribution in [3.05, 3.63) is 64.7 Å². The third-order valence-electron chi connectivity index (χ3n) is 3.78. The van der Waals surface area contributed by atoms with Crippen molar-refractivity contribution in [1.82, 2.24) is 10.3 Å². The molecule has 0 fully saturated rings. The second-order valence-electron chi connectivity index (χ2n) is 5.57. The second kappa shape index (κ2) is 7.32. The zero-order valence-corrected chi connectivity index (χ0v) is 13.0. The van der Waals surface area contributed by atoms with Crippen LogP contribution in [0.5, 0.6) is 0 Å². The van der Waals surface area contributed by atoms with E-state index in [0.29, 0.717) is 0 Å². The molecule has 2 rings (SSSR count). The SMILES string of the molecule is CCCNC(Cc1ccc(C)c(C)c1)c1cncc(F)c1. The van der Waals surface area contributed by atoms with Crippen LogP contribution in [-0.4, -0.2) is 11.5 Å². The Morgan fingerprint density at radius 2 is 1.95 bits per heavy atom. The number of nitrogens with zero attached hydrogens (tertiary/aromatic N) is 1. The molecule has 0 spiro atoms. The van der Waals surface area contributed by atoms with Crippen LogP contribution in [0.4, 0.5) is 4.39 Å². The number of aryl methyl sites for hydroxylation is 2. The lowest BCUT2D eigenvalue weighted by Gasteiger charge is -2.19. The summed E-state index contributed by atoms with van der Waals surface area (Å²) in [7, 11) is 0. The summed E-state index contributed by atoms with van der Waals surface area (Å²) < 4.78 is 13.4. The van der Waals surface area contributed by atoms with Gasteiger partial charge in [-0.3, -0.25) is 4.98 Å². The van der Waals surface area contributed by atoms with Crippen LogP contribution in [0.1, 0.15) is 41.6 Å². The first-order chi connectivity index (χ1) is 10.1. The largest absolute Gasteiger partial charge is 0.310 e. The molecular formula is C18H23FN2. The monoisotopic (exact) mass is 286 g/mol. The van der Waals surface area contributed by atoms with Crippen molar-refractivity contribution >= 4 is 0 Å². The van der Waals surface area contributed by atoms with Crippen LogP contribution < -0.4 is 5.32 Å². The molecule has 1 N–H and O–H groups in total. The number of hydrogen-bond donors (Lipinski definition) is 1. The zero-order valence-electron chi connectivity index (χ0n) is 13.0. The van der Waals surface area contributed by atoms with Gasteiger partial charge >= 0.3 is 0 Å². The Morgan fingerprint density at radius 3 is 2.62 bits per heavy atom. The van der Waals surface area contributed by atoms with E-state index in [1.54, 1.807) is 12.3 Å². The molecule has 0 aliphatic rings. The van der Waals surface area contributed by atoms with Crippen LogP contribution in [0.2, 0.25) is 0 Å². The molecule has 0 aliphatic carbocycles. The smallest absolute Gasteiger partial charge is 0.141 e. The summed E-state index contributed by atoms with van der Waals surface area (Å²) in [6.07, 6.45) is 4.88. The van der Waals surface area contributed by atoms with Gasteiger partial charge in [-0.15, -0.1) is 0 Å².